The summed E-state index contributed by atoms with van der Waals surface area (Å²) in [6.45, 7) is 7.57. The predicted molar refractivity (Wildman–Crippen MR) is 92.1 cm³/mol. The van der Waals surface area contributed by atoms with Crippen LogP contribution in [0.1, 0.15) is 45.4 Å². The lowest BCUT2D eigenvalue weighted by Crippen LogP contribution is -2.47. The maximum atomic E-state index is 8.55. The number of piperazine rings is 1. The van der Waals surface area contributed by atoms with Crippen molar-refractivity contribution in [2.24, 2.45) is 0 Å². The van der Waals surface area contributed by atoms with Gasteiger partial charge in [-0.15, -0.1) is 0 Å². The monoisotopic (exact) mass is 313 g/mol. The van der Waals surface area contributed by atoms with Crippen LogP contribution in [0.2, 0.25) is 0 Å². The molecule has 0 spiro atoms. The first-order valence-electron chi connectivity index (χ1n) is 7.79. The van der Waals surface area contributed by atoms with E-state index in [1.165, 1.54) is 31.4 Å². The highest BCUT2D eigenvalue weighted by atomic mass is 32.2. The lowest BCUT2D eigenvalue weighted by atomic mass is 10.2. The number of thiocarbonyl (C=S) groups is 1. The van der Waals surface area contributed by atoms with Gasteiger partial charge in [-0.05, 0) is 19.4 Å². The molecule has 0 aromatic rings. The number of thioether (sulfide) groups is 1. The molecule has 5 heteroatoms. The van der Waals surface area contributed by atoms with Crippen LogP contribution < -0.4 is 0 Å². The molecule has 0 saturated carbocycles. The van der Waals surface area contributed by atoms with Crippen LogP contribution in [0, 0.1) is 11.3 Å². The third-order valence-electron chi connectivity index (χ3n) is 3.62. The van der Waals surface area contributed by atoms with Crippen LogP contribution in [0.15, 0.2) is 0 Å². The molecular formula is C15H27N3S2. The van der Waals surface area contributed by atoms with E-state index in [0.717, 1.165) is 43.5 Å². The van der Waals surface area contributed by atoms with Crippen molar-refractivity contribution >= 4 is 28.3 Å². The molecular weight excluding hydrogens is 286 g/mol. The second-order valence-electron chi connectivity index (χ2n) is 5.27. The Morgan fingerprint density at radius 2 is 1.90 bits per heavy atom. The summed E-state index contributed by atoms with van der Waals surface area (Å²) in [5.41, 5.74) is 0. The van der Waals surface area contributed by atoms with Crippen LogP contribution in [-0.2, 0) is 0 Å². The molecule has 0 bridgehead atoms. The summed E-state index contributed by atoms with van der Waals surface area (Å²) in [5.74, 6) is 1.17. The maximum Gasteiger partial charge on any atom is 0.136 e. The Kier molecular flexibility index (Phi) is 10.1. The Morgan fingerprint density at radius 3 is 2.55 bits per heavy atom. The van der Waals surface area contributed by atoms with Crippen molar-refractivity contribution in [3.8, 4) is 6.07 Å². The van der Waals surface area contributed by atoms with Crippen LogP contribution in [-0.4, -0.2) is 52.6 Å². The number of hydrogen-bond acceptors (Lipinski definition) is 4. The van der Waals surface area contributed by atoms with Gasteiger partial charge in [0.05, 0.1) is 6.07 Å². The van der Waals surface area contributed by atoms with E-state index in [1.807, 2.05) is 11.8 Å². The van der Waals surface area contributed by atoms with Crippen molar-refractivity contribution < 1.29 is 0 Å². The van der Waals surface area contributed by atoms with Gasteiger partial charge in [-0.3, -0.25) is 4.90 Å². The molecule has 1 aliphatic heterocycles. The lowest BCUT2D eigenvalue weighted by molar-refractivity contribution is 0.184. The van der Waals surface area contributed by atoms with E-state index in [-0.39, 0.29) is 0 Å². The van der Waals surface area contributed by atoms with Crippen molar-refractivity contribution in [3.63, 3.8) is 0 Å². The van der Waals surface area contributed by atoms with Gasteiger partial charge in [0.2, 0.25) is 0 Å². The van der Waals surface area contributed by atoms with E-state index in [4.69, 9.17) is 17.5 Å². The molecule has 0 N–H and O–H groups in total. The van der Waals surface area contributed by atoms with Crippen molar-refractivity contribution in [2.75, 3.05) is 38.5 Å². The summed E-state index contributed by atoms with van der Waals surface area (Å²) >= 11 is 7.38. The summed E-state index contributed by atoms with van der Waals surface area (Å²) in [7, 11) is 0. The molecule has 114 valence electrons. The first-order chi connectivity index (χ1) is 9.77. The number of rotatable bonds is 8. The van der Waals surface area contributed by atoms with Gasteiger partial charge in [-0.25, -0.2) is 0 Å². The molecule has 0 aromatic heterocycles. The van der Waals surface area contributed by atoms with Gasteiger partial charge in [-0.1, -0.05) is 50.2 Å². The summed E-state index contributed by atoms with van der Waals surface area (Å²) < 4.78 is 1.08. The maximum absolute atomic E-state index is 8.55. The molecule has 1 rings (SSSR count). The molecule has 1 fully saturated rings. The Labute approximate surface area is 133 Å². The number of nitriles is 1. The fourth-order valence-electron chi connectivity index (χ4n) is 2.32. The quantitative estimate of drug-likeness (QED) is 0.505. The molecule has 0 radical (unpaired) electrons. The van der Waals surface area contributed by atoms with Crippen LogP contribution in [0.4, 0.5) is 0 Å². The van der Waals surface area contributed by atoms with Crippen LogP contribution in [0.5, 0.6) is 0 Å². The standard InChI is InChI=1S/C15H27N3S2/c1-2-3-4-7-14-20-15(19)18-12-10-17(11-13-18)9-6-5-8-16/h2-7,9-14H2,1H3. The van der Waals surface area contributed by atoms with Gasteiger partial charge in [-0.2, -0.15) is 5.26 Å². The second kappa shape index (κ2) is 11.4. The molecule has 0 aromatic carbocycles. The average molecular weight is 314 g/mol. The highest BCUT2D eigenvalue weighted by Crippen LogP contribution is 2.15. The minimum atomic E-state index is 0.673. The molecule has 20 heavy (non-hydrogen) atoms. The number of hydrogen-bond donors (Lipinski definition) is 0. The van der Waals surface area contributed by atoms with E-state index >= 15 is 0 Å². The molecule has 3 nitrogen and oxygen atoms in total. The molecule has 1 aliphatic rings. The third kappa shape index (κ3) is 7.47. The zero-order valence-corrected chi connectivity index (χ0v) is 14.3. The average Bonchev–Trinajstić information content (AvgIpc) is 2.48. The van der Waals surface area contributed by atoms with Gasteiger partial charge in [0, 0.05) is 38.4 Å². The highest BCUT2D eigenvalue weighted by Gasteiger charge is 2.18. The highest BCUT2D eigenvalue weighted by molar-refractivity contribution is 8.22. The van der Waals surface area contributed by atoms with Crippen molar-refractivity contribution in [1.82, 2.24) is 9.80 Å². The summed E-state index contributed by atoms with van der Waals surface area (Å²) in [5, 5.41) is 8.55. The third-order valence-corrected chi connectivity index (χ3v) is 5.23. The smallest absolute Gasteiger partial charge is 0.136 e. The fourth-order valence-corrected chi connectivity index (χ4v) is 3.64. The van der Waals surface area contributed by atoms with Gasteiger partial charge in [0.1, 0.15) is 4.32 Å². The Morgan fingerprint density at radius 1 is 1.15 bits per heavy atom. The number of nitrogens with zero attached hydrogens (tertiary/aromatic N) is 3. The van der Waals surface area contributed by atoms with Gasteiger partial charge < -0.3 is 4.90 Å². The Balaban J connectivity index is 2.08. The van der Waals surface area contributed by atoms with Gasteiger partial charge in [0.25, 0.3) is 0 Å². The van der Waals surface area contributed by atoms with Crippen LogP contribution >= 0.6 is 24.0 Å². The SMILES string of the molecule is CCCCCCSC(=S)N1CCN(CCCC#N)CC1. The van der Waals surface area contributed by atoms with Crippen LogP contribution in [0.25, 0.3) is 0 Å². The topological polar surface area (TPSA) is 30.3 Å². The van der Waals surface area contributed by atoms with E-state index in [1.54, 1.807) is 0 Å². The Bertz CT molecular complexity index is 307. The molecule has 0 unspecified atom stereocenters. The zero-order valence-electron chi connectivity index (χ0n) is 12.6. The first-order valence-corrected chi connectivity index (χ1v) is 9.18. The van der Waals surface area contributed by atoms with Gasteiger partial charge >= 0.3 is 0 Å². The second-order valence-corrected chi connectivity index (χ2v) is 6.99. The fraction of sp³-hybridized carbons (Fsp3) is 0.867. The van der Waals surface area contributed by atoms with Crippen LogP contribution in [0.3, 0.4) is 0 Å². The molecule has 1 heterocycles. The predicted octanol–water partition coefficient (Wildman–Crippen LogP) is 3.51. The van der Waals surface area contributed by atoms with Gasteiger partial charge in [0.15, 0.2) is 0 Å². The van der Waals surface area contributed by atoms with Crippen molar-refractivity contribution in [1.29, 1.82) is 5.26 Å². The molecule has 0 atom stereocenters. The molecule has 0 aliphatic carbocycles. The van der Waals surface area contributed by atoms with E-state index in [2.05, 4.69) is 22.8 Å². The largest absolute Gasteiger partial charge is 0.355 e. The summed E-state index contributed by atoms with van der Waals surface area (Å²) in [4.78, 5) is 4.79. The normalized spacial score (nSPS) is 16.1. The minimum Gasteiger partial charge on any atom is -0.355 e. The van der Waals surface area contributed by atoms with Crippen molar-refractivity contribution in [2.45, 2.75) is 45.4 Å². The van der Waals surface area contributed by atoms with E-state index < -0.39 is 0 Å². The number of unbranched alkanes of at least 4 members (excludes halogenated alkanes) is 4. The van der Waals surface area contributed by atoms with E-state index in [9.17, 15) is 0 Å². The molecule has 1 saturated heterocycles. The Hall–Kier alpha value is -0.310. The summed E-state index contributed by atoms with van der Waals surface area (Å²) in [6, 6.07) is 2.21. The summed E-state index contributed by atoms with van der Waals surface area (Å²) in [6.07, 6.45) is 6.92. The first kappa shape index (κ1) is 17.7. The van der Waals surface area contributed by atoms with Crippen molar-refractivity contribution in [3.05, 3.63) is 0 Å². The zero-order chi connectivity index (χ0) is 14.6. The van der Waals surface area contributed by atoms with E-state index in [0.29, 0.717) is 6.42 Å². The lowest BCUT2D eigenvalue weighted by Gasteiger charge is -2.35. The minimum absolute atomic E-state index is 0.673. The molecule has 0 amide bonds.